The number of hydrogen-bond donors (Lipinski definition) is 0. The van der Waals surface area contributed by atoms with Gasteiger partial charge in [0, 0.05) is 24.1 Å². The van der Waals surface area contributed by atoms with Crippen molar-refractivity contribution in [3.63, 3.8) is 0 Å². The van der Waals surface area contributed by atoms with Gasteiger partial charge in [-0.3, -0.25) is 4.79 Å². The first-order valence-corrected chi connectivity index (χ1v) is 8.50. The number of nitrogens with zero attached hydrogens (tertiary/aromatic N) is 3. The first kappa shape index (κ1) is 14.1. The van der Waals surface area contributed by atoms with Crippen molar-refractivity contribution >= 4 is 5.91 Å². The molecule has 5 nitrogen and oxygen atoms in total. The number of hydrogen-bond acceptors (Lipinski definition) is 4. The summed E-state index contributed by atoms with van der Waals surface area (Å²) in [5.41, 5.74) is 1.82. The van der Waals surface area contributed by atoms with Crippen molar-refractivity contribution in [2.75, 3.05) is 13.1 Å². The van der Waals surface area contributed by atoms with Gasteiger partial charge in [0.25, 0.3) is 0 Å². The molecule has 3 aliphatic rings. The second-order valence-corrected chi connectivity index (χ2v) is 6.81. The molecule has 0 atom stereocenters. The van der Waals surface area contributed by atoms with Crippen LogP contribution >= 0.6 is 0 Å². The number of rotatable bonds is 2. The van der Waals surface area contributed by atoms with Crippen LogP contribution in [0.15, 0.2) is 6.20 Å². The average Bonchev–Trinajstić information content (AvgIpc) is 2.92. The summed E-state index contributed by atoms with van der Waals surface area (Å²) in [5, 5.41) is 0. The predicted molar refractivity (Wildman–Crippen MR) is 81.2 cm³/mol. The molecule has 2 fully saturated rings. The van der Waals surface area contributed by atoms with E-state index in [-0.39, 0.29) is 11.5 Å². The Hall–Kier alpha value is -1.49. The molecular formula is C17H23N3O2. The van der Waals surface area contributed by atoms with Crippen LogP contribution < -0.4 is 0 Å². The van der Waals surface area contributed by atoms with Crippen molar-refractivity contribution in [1.29, 1.82) is 0 Å². The smallest absolute Gasteiger partial charge is 0.222 e. The fourth-order valence-corrected chi connectivity index (χ4v) is 4.00. The van der Waals surface area contributed by atoms with Crippen LogP contribution in [0.3, 0.4) is 0 Å². The van der Waals surface area contributed by atoms with E-state index in [9.17, 15) is 4.79 Å². The van der Waals surface area contributed by atoms with E-state index in [4.69, 9.17) is 9.72 Å². The van der Waals surface area contributed by atoms with Gasteiger partial charge in [-0.2, -0.15) is 0 Å². The lowest BCUT2D eigenvalue weighted by Gasteiger charge is -2.47. The predicted octanol–water partition coefficient (Wildman–Crippen LogP) is 2.50. The summed E-state index contributed by atoms with van der Waals surface area (Å²) < 4.78 is 6.02. The minimum atomic E-state index is -0.328. The Labute approximate surface area is 131 Å². The fraction of sp³-hybridized carbons (Fsp3) is 0.706. The van der Waals surface area contributed by atoms with Crippen LogP contribution in [-0.2, 0) is 21.7 Å². The van der Waals surface area contributed by atoms with Gasteiger partial charge in [0.1, 0.15) is 11.4 Å². The standard InChI is InChI=1S/C17H23N3O2/c1-2-15(21)20-10-17(11-20)13-8-18-16(19-14(13)9-22-17)12-6-4-3-5-7-12/h8,12H,2-7,9-11H2,1H3. The van der Waals surface area contributed by atoms with Gasteiger partial charge in [-0.15, -0.1) is 0 Å². The van der Waals surface area contributed by atoms with Crippen molar-refractivity contribution in [1.82, 2.24) is 14.9 Å². The summed E-state index contributed by atoms with van der Waals surface area (Å²) in [6, 6.07) is 0. The fourth-order valence-electron chi connectivity index (χ4n) is 4.00. The van der Waals surface area contributed by atoms with Gasteiger partial charge < -0.3 is 9.64 Å². The Morgan fingerprint density at radius 2 is 2.14 bits per heavy atom. The van der Waals surface area contributed by atoms with Crippen molar-refractivity contribution < 1.29 is 9.53 Å². The Bertz CT molecular complexity index is 590. The third-order valence-corrected chi connectivity index (χ3v) is 5.38. The SMILES string of the molecule is CCC(=O)N1CC2(C1)OCc1nc(C3CCCCC3)ncc12. The van der Waals surface area contributed by atoms with Gasteiger partial charge in [-0.05, 0) is 12.8 Å². The van der Waals surface area contributed by atoms with Crippen LogP contribution in [0.5, 0.6) is 0 Å². The van der Waals surface area contributed by atoms with Gasteiger partial charge >= 0.3 is 0 Å². The summed E-state index contributed by atoms with van der Waals surface area (Å²) in [6.07, 6.45) is 8.87. The number of ether oxygens (including phenoxy) is 1. The van der Waals surface area contributed by atoms with Crippen LogP contribution in [0.2, 0.25) is 0 Å². The third-order valence-electron chi connectivity index (χ3n) is 5.38. The molecule has 1 spiro atoms. The molecule has 1 saturated heterocycles. The Morgan fingerprint density at radius 1 is 1.36 bits per heavy atom. The molecular weight excluding hydrogens is 278 g/mol. The van der Waals surface area contributed by atoms with Gasteiger partial charge in [0.05, 0.1) is 25.4 Å². The topological polar surface area (TPSA) is 55.3 Å². The average molecular weight is 301 g/mol. The molecule has 0 N–H and O–H groups in total. The number of likely N-dealkylation sites (tertiary alicyclic amines) is 1. The highest BCUT2D eigenvalue weighted by atomic mass is 16.5. The van der Waals surface area contributed by atoms with E-state index in [0.29, 0.717) is 32.0 Å². The van der Waals surface area contributed by atoms with E-state index < -0.39 is 0 Å². The normalized spacial score (nSPS) is 23.4. The Kier molecular flexibility index (Phi) is 3.40. The maximum absolute atomic E-state index is 11.7. The largest absolute Gasteiger partial charge is 0.360 e. The van der Waals surface area contributed by atoms with Crippen LogP contribution in [0.25, 0.3) is 0 Å². The molecule has 118 valence electrons. The minimum absolute atomic E-state index is 0.197. The van der Waals surface area contributed by atoms with Crippen molar-refractivity contribution in [3.05, 3.63) is 23.3 Å². The summed E-state index contributed by atoms with van der Waals surface area (Å²) in [4.78, 5) is 23.1. The lowest BCUT2D eigenvalue weighted by molar-refractivity contribution is -0.168. The molecule has 5 heteroatoms. The molecule has 0 radical (unpaired) electrons. The number of carbonyl (C=O) groups excluding carboxylic acids is 1. The Morgan fingerprint density at radius 3 is 2.86 bits per heavy atom. The molecule has 1 aromatic heterocycles. The Balaban J connectivity index is 1.53. The minimum Gasteiger partial charge on any atom is -0.360 e. The molecule has 3 heterocycles. The van der Waals surface area contributed by atoms with E-state index in [1.165, 1.54) is 32.1 Å². The second kappa shape index (κ2) is 5.30. The maximum Gasteiger partial charge on any atom is 0.222 e. The molecule has 22 heavy (non-hydrogen) atoms. The summed E-state index contributed by atoms with van der Waals surface area (Å²) in [7, 11) is 0. The van der Waals surface area contributed by atoms with E-state index >= 15 is 0 Å². The van der Waals surface area contributed by atoms with Gasteiger partial charge in [-0.25, -0.2) is 9.97 Å². The lowest BCUT2D eigenvalue weighted by Crippen LogP contribution is -2.61. The highest BCUT2D eigenvalue weighted by molar-refractivity contribution is 5.77. The van der Waals surface area contributed by atoms with E-state index in [1.807, 2.05) is 18.0 Å². The molecule has 1 aliphatic carbocycles. The molecule has 1 amide bonds. The van der Waals surface area contributed by atoms with Gasteiger partial charge in [-0.1, -0.05) is 26.2 Å². The highest BCUT2D eigenvalue weighted by Gasteiger charge is 2.52. The number of carbonyl (C=O) groups is 1. The van der Waals surface area contributed by atoms with Crippen molar-refractivity contribution in [2.24, 2.45) is 0 Å². The monoisotopic (exact) mass is 301 g/mol. The third kappa shape index (κ3) is 2.14. The van der Waals surface area contributed by atoms with E-state index in [1.54, 1.807) is 0 Å². The van der Waals surface area contributed by atoms with Gasteiger partial charge in [0.2, 0.25) is 5.91 Å². The molecule has 2 aliphatic heterocycles. The molecule has 0 bridgehead atoms. The molecule has 0 unspecified atom stereocenters. The number of aromatic nitrogens is 2. The number of amides is 1. The van der Waals surface area contributed by atoms with Crippen LogP contribution in [-0.4, -0.2) is 33.9 Å². The van der Waals surface area contributed by atoms with E-state index in [0.717, 1.165) is 17.1 Å². The first-order chi connectivity index (χ1) is 10.7. The molecule has 0 aromatic carbocycles. The zero-order valence-electron chi connectivity index (χ0n) is 13.2. The van der Waals surface area contributed by atoms with Crippen LogP contribution in [0.1, 0.15) is 68.4 Å². The number of fused-ring (bicyclic) bond motifs is 2. The summed E-state index contributed by atoms with van der Waals surface area (Å²) in [5.74, 6) is 1.72. The molecule has 1 saturated carbocycles. The maximum atomic E-state index is 11.7. The second-order valence-electron chi connectivity index (χ2n) is 6.81. The summed E-state index contributed by atoms with van der Waals surface area (Å²) in [6.45, 7) is 3.76. The first-order valence-electron chi connectivity index (χ1n) is 8.50. The van der Waals surface area contributed by atoms with Crippen LogP contribution in [0, 0.1) is 0 Å². The summed E-state index contributed by atoms with van der Waals surface area (Å²) >= 11 is 0. The van der Waals surface area contributed by atoms with Crippen molar-refractivity contribution in [3.8, 4) is 0 Å². The highest BCUT2D eigenvalue weighted by Crippen LogP contribution is 2.43. The quantitative estimate of drug-likeness (QED) is 0.842. The van der Waals surface area contributed by atoms with Gasteiger partial charge in [0.15, 0.2) is 0 Å². The van der Waals surface area contributed by atoms with E-state index in [2.05, 4.69) is 4.98 Å². The molecule has 4 rings (SSSR count). The zero-order valence-corrected chi connectivity index (χ0v) is 13.2. The molecule has 1 aromatic rings. The lowest BCUT2D eigenvalue weighted by atomic mass is 9.86. The zero-order chi connectivity index (χ0) is 15.2. The van der Waals surface area contributed by atoms with Crippen molar-refractivity contribution in [2.45, 2.75) is 63.6 Å². The van der Waals surface area contributed by atoms with Crippen LogP contribution in [0.4, 0.5) is 0 Å².